The summed E-state index contributed by atoms with van der Waals surface area (Å²) >= 11 is 0. The van der Waals surface area contributed by atoms with Gasteiger partial charge >= 0.3 is 5.56 Å². The SMILES string of the molecule is CN(CC1CC1)c1cc(N2CCNCC2=O)c2nc(C(=O)CCc3ccc(F)cc3)c(O)c(=O)n2c1. The number of hydrogen-bond donors (Lipinski definition) is 2. The molecule has 1 aliphatic carbocycles. The first-order chi connectivity index (χ1) is 17.3. The fourth-order valence-electron chi connectivity index (χ4n) is 4.48. The van der Waals surface area contributed by atoms with E-state index < -0.39 is 17.1 Å². The third kappa shape index (κ3) is 4.81. The number of piperazine rings is 1. The Labute approximate surface area is 207 Å². The summed E-state index contributed by atoms with van der Waals surface area (Å²) in [5.74, 6) is -1.18. The zero-order valence-corrected chi connectivity index (χ0v) is 20.0. The number of carbonyl (C=O) groups is 2. The number of halogens is 1. The van der Waals surface area contributed by atoms with Crippen LogP contribution in [-0.2, 0) is 11.2 Å². The van der Waals surface area contributed by atoms with E-state index in [1.165, 1.54) is 16.5 Å². The van der Waals surface area contributed by atoms with Gasteiger partial charge in [0.25, 0.3) is 0 Å². The van der Waals surface area contributed by atoms with Crippen molar-refractivity contribution in [2.45, 2.75) is 25.7 Å². The first-order valence-corrected chi connectivity index (χ1v) is 12.1. The molecule has 1 saturated heterocycles. The summed E-state index contributed by atoms with van der Waals surface area (Å²) < 4.78 is 14.4. The van der Waals surface area contributed by atoms with Crippen molar-refractivity contribution in [1.82, 2.24) is 14.7 Å². The minimum atomic E-state index is -0.768. The van der Waals surface area contributed by atoms with Crippen LogP contribution in [0.2, 0.25) is 0 Å². The number of aryl methyl sites for hydroxylation is 1. The first kappa shape index (κ1) is 23.9. The zero-order chi connectivity index (χ0) is 25.4. The van der Waals surface area contributed by atoms with Crippen LogP contribution in [0.25, 0.3) is 5.65 Å². The first-order valence-electron chi connectivity index (χ1n) is 12.1. The second-order valence-corrected chi connectivity index (χ2v) is 9.49. The van der Waals surface area contributed by atoms with Gasteiger partial charge in [0, 0.05) is 39.3 Å². The Morgan fingerprint density at radius 2 is 2.00 bits per heavy atom. The number of anilines is 2. The van der Waals surface area contributed by atoms with Gasteiger partial charge in [0.15, 0.2) is 17.1 Å². The molecule has 3 aromatic rings. The molecular formula is C26H28FN5O4. The largest absolute Gasteiger partial charge is 0.501 e. The molecule has 0 spiro atoms. The van der Waals surface area contributed by atoms with Gasteiger partial charge in [-0.05, 0) is 48.9 Å². The van der Waals surface area contributed by atoms with Crippen molar-refractivity contribution in [1.29, 1.82) is 0 Å². The van der Waals surface area contributed by atoms with Crippen molar-refractivity contribution in [3.8, 4) is 5.75 Å². The van der Waals surface area contributed by atoms with E-state index in [9.17, 15) is 23.9 Å². The number of aromatic hydroxyl groups is 1. The molecule has 1 aliphatic heterocycles. The molecule has 3 heterocycles. The molecule has 0 atom stereocenters. The summed E-state index contributed by atoms with van der Waals surface area (Å²) in [5, 5.41) is 13.7. The molecule has 2 fully saturated rings. The van der Waals surface area contributed by atoms with Crippen molar-refractivity contribution in [3.05, 3.63) is 64.0 Å². The number of nitrogens with zero attached hydrogens (tertiary/aromatic N) is 4. The summed E-state index contributed by atoms with van der Waals surface area (Å²) in [6.45, 7) is 1.93. The van der Waals surface area contributed by atoms with Crippen LogP contribution < -0.4 is 20.7 Å². The van der Waals surface area contributed by atoms with E-state index in [1.807, 2.05) is 18.0 Å². The number of rotatable bonds is 8. The number of carbonyl (C=O) groups excluding carboxylic acids is 2. The van der Waals surface area contributed by atoms with Crippen LogP contribution >= 0.6 is 0 Å². The average Bonchev–Trinajstić information content (AvgIpc) is 3.69. The molecule has 1 saturated carbocycles. The zero-order valence-electron chi connectivity index (χ0n) is 20.0. The summed E-state index contributed by atoms with van der Waals surface area (Å²) in [6, 6.07) is 7.61. The molecule has 9 nitrogen and oxygen atoms in total. The van der Waals surface area contributed by atoms with Gasteiger partial charge in [0.2, 0.25) is 11.7 Å². The monoisotopic (exact) mass is 493 g/mol. The van der Waals surface area contributed by atoms with Gasteiger partial charge in [-0.2, -0.15) is 0 Å². The standard InChI is InChI=1S/C26H28FN5O4/c1-30(14-17-2-3-17)19-12-20(31-11-10-28-13-22(31)34)25-29-23(24(35)26(36)32(25)15-19)21(33)9-6-16-4-7-18(27)8-5-16/h4-5,7-8,12,15,17,28,35H,2-3,6,9-11,13-14H2,1H3. The average molecular weight is 494 g/mol. The molecule has 0 radical (unpaired) electrons. The van der Waals surface area contributed by atoms with Crippen LogP contribution in [0.3, 0.4) is 0 Å². The number of Topliss-reactive ketones (excluding diaryl/α,β-unsaturated/α-hetero) is 1. The molecule has 2 N–H and O–H groups in total. The van der Waals surface area contributed by atoms with E-state index >= 15 is 0 Å². The van der Waals surface area contributed by atoms with Gasteiger partial charge in [-0.3, -0.25) is 18.8 Å². The van der Waals surface area contributed by atoms with Crippen molar-refractivity contribution in [3.63, 3.8) is 0 Å². The van der Waals surface area contributed by atoms with Crippen molar-refractivity contribution < 1.29 is 19.1 Å². The van der Waals surface area contributed by atoms with E-state index in [-0.39, 0.29) is 36.0 Å². The van der Waals surface area contributed by atoms with Crippen LogP contribution in [0.1, 0.15) is 35.3 Å². The highest BCUT2D eigenvalue weighted by atomic mass is 19.1. The normalized spacial score (nSPS) is 15.9. The predicted molar refractivity (Wildman–Crippen MR) is 133 cm³/mol. The maximum absolute atomic E-state index is 13.2. The number of hydrogen-bond acceptors (Lipinski definition) is 7. The Morgan fingerprint density at radius 1 is 1.25 bits per heavy atom. The Balaban J connectivity index is 1.56. The van der Waals surface area contributed by atoms with Crippen molar-refractivity contribution in [2.75, 3.05) is 43.0 Å². The second kappa shape index (κ2) is 9.69. The second-order valence-electron chi connectivity index (χ2n) is 9.49. The number of nitrogens with one attached hydrogen (secondary N) is 1. The van der Waals surface area contributed by atoms with E-state index in [4.69, 9.17) is 0 Å². The number of aromatic nitrogens is 2. The van der Waals surface area contributed by atoms with Crippen molar-refractivity contribution in [2.24, 2.45) is 5.92 Å². The summed E-state index contributed by atoms with van der Waals surface area (Å²) in [4.78, 5) is 47.0. The minimum Gasteiger partial charge on any atom is -0.501 e. The maximum atomic E-state index is 13.2. The third-order valence-corrected chi connectivity index (χ3v) is 6.73. The van der Waals surface area contributed by atoms with Gasteiger partial charge < -0.3 is 20.2 Å². The van der Waals surface area contributed by atoms with Crippen molar-refractivity contribution >= 4 is 28.7 Å². The maximum Gasteiger partial charge on any atom is 0.300 e. The summed E-state index contributed by atoms with van der Waals surface area (Å²) in [6.07, 6.45) is 4.19. The van der Waals surface area contributed by atoms with Crippen LogP contribution in [0, 0.1) is 11.7 Å². The smallest absolute Gasteiger partial charge is 0.300 e. The van der Waals surface area contributed by atoms with Gasteiger partial charge in [-0.15, -0.1) is 0 Å². The number of pyridine rings is 1. The fraction of sp³-hybridized carbons (Fsp3) is 0.385. The fourth-order valence-corrected chi connectivity index (χ4v) is 4.48. The van der Waals surface area contributed by atoms with Gasteiger partial charge in [-0.25, -0.2) is 9.37 Å². The van der Waals surface area contributed by atoms with Crippen LogP contribution in [0.4, 0.5) is 15.8 Å². The van der Waals surface area contributed by atoms with Crippen LogP contribution in [0.5, 0.6) is 5.75 Å². The lowest BCUT2D eigenvalue weighted by molar-refractivity contribution is -0.118. The highest BCUT2D eigenvalue weighted by Crippen LogP contribution is 2.33. The molecule has 5 rings (SSSR count). The molecule has 10 heteroatoms. The van der Waals surface area contributed by atoms with Crippen LogP contribution in [0.15, 0.2) is 41.3 Å². The molecule has 36 heavy (non-hydrogen) atoms. The van der Waals surface area contributed by atoms with Gasteiger partial charge in [-0.1, -0.05) is 12.1 Å². The van der Waals surface area contributed by atoms with E-state index in [2.05, 4.69) is 10.3 Å². The third-order valence-electron chi connectivity index (χ3n) is 6.73. The Hall–Kier alpha value is -3.79. The Bertz CT molecular complexity index is 1380. The number of fused-ring (bicyclic) bond motifs is 1. The predicted octanol–water partition coefficient (Wildman–Crippen LogP) is 2.14. The van der Waals surface area contributed by atoms with E-state index in [1.54, 1.807) is 23.2 Å². The van der Waals surface area contributed by atoms with Crippen LogP contribution in [-0.4, -0.2) is 59.4 Å². The number of benzene rings is 1. The van der Waals surface area contributed by atoms with E-state index in [0.717, 1.165) is 30.6 Å². The van der Waals surface area contributed by atoms with Gasteiger partial charge in [0.05, 0.1) is 17.9 Å². The van der Waals surface area contributed by atoms with Gasteiger partial charge in [0.1, 0.15) is 5.82 Å². The number of ketones is 1. The molecule has 0 bridgehead atoms. The quantitative estimate of drug-likeness (QED) is 0.463. The lowest BCUT2D eigenvalue weighted by Gasteiger charge is -2.30. The lowest BCUT2D eigenvalue weighted by atomic mass is 10.1. The number of amides is 1. The molecule has 1 amide bonds. The minimum absolute atomic E-state index is 0.0219. The molecule has 2 aromatic heterocycles. The molecule has 2 aliphatic rings. The highest BCUT2D eigenvalue weighted by Gasteiger charge is 2.28. The van der Waals surface area contributed by atoms with E-state index in [0.29, 0.717) is 31.1 Å². The molecular weight excluding hydrogens is 465 g/mol. The topological polar surface area (TPSA) is 107 Å². The molecule has 1 aromatic carbocycles. The Morgan fingerprint density at radius 3 is 2.69 bits per heavy atom. The summed E-state index contributed by atoms with van der Waals surface area (Å²) in [7, 11) is 1.93. The Kier molecular flexibility index (Phi) is 6.44. The summed E-state index contributed by atoms with van der Waals surface area (Å²) in [5.41, 5.74) is 0.931. The lowest BCUT2D eigenvalue weighted by Crippen LogP contribution is -2.48. The molecule has 0 unspecified atom stereocenters. The molecule has 188 valence electrons. The highest BCUT2D eigenvalue weighted by molar-refractivity contribution is 6.01.